The molecule has 0 aliphatic rings. The van der Waals surface area contributed by atoms with Crippen LogP contribution >= 0.6 is 0 Å². The molecule has 0 aliphatic carbocycles. The van der Waals surface area contributed by atoms with Gasteiger partial charge in [0, 0.05) is 16.2 Å². The van der Waals surface area contributed by atoms with Crippen LogP contribution in [0, 0.1) is 20.8 Å². The standard InChI is InChI=1S/C35H27NO3/c1-16-7-8-17(2)24(13-16)36-33(37)31-22-14-18(3)20-11-9-19-10-12-21-25(39-35(4,5)6)15-23(32(31)34(36)38)30-28(21)26(19)27(20)29(22)30/h7-15H,1-6H3. The number of rotatable bonds is 2. The molecule has 0 saturated heterocycles. The van der Waals surface area contributed by atoms with Crippen molar-refractivity contribution in [3.8, 4) is 11.4 Å². The van der Waals surface area contributed by atoms with Crippen LogP contribution in [-0.2, 0) is 0 Å². The van der Waals surface area contributed by atoms with E-state index in [1.807, 2.05) is 58.9 Å². The lowest BCUT2D eigenvalue weighted by Gasteiger charge is -2.23. The van der Waals surface area contributed by atoms with E-state index >= 15 is 0 Å². The summed E-state index contributed by atoms with van der Waals surface area (Å²) in [5.41, 5.74) is 2.68. The molecule has 0 saturated carbocycles. The maximum absolute atomic E-state index is 14.4. The molecule has 0 aliphatic heterocycles. The summed E-state index contributed by atoms with van der Waals surface area (Å²) in [6.45, 7) is 12.1. The first kappa shape index (κ1) is 22.5. The van der Waals surface area contributed by atoms with Gasteiger partial charge in [-0.3, -0.25) is 9.59 Å². The molecule has 8 rings (SSSR count). The van der Waals surface area contributed by atoms with E-state index in [-0.39, 0.29) is 11.1 Å². The van der Waals surface area contributed by atoms with Crippen LogP contribution in [0.25, 0.3) is 70.3 Å². The van der Waals surface area contributed by atoms with Crippen LogP contribution in [0.1, 0.15) is 37.5 Å². The van der Waals surface area contributed by atoms with Gasteiger partial charge in [-0.15, -0.1) is 0 Å². The lowest BCUT2D eigenvalue weighted by molar-refractivity contribution is 0.133. The first-order chi connectivity index (χ1) is 18.5. The molecule has 1 heterocycles. The highest BCUT2D eigenvalue weighted by molar-refractivity contribution is 6.48. The monoisotopic (exact) mass is 509 g/mol. The molecule has 39 heavy (non-hydrogen) atoms. The zero-order valence-electron chi connectivity index (χ0n) is 22.9. The summed E-state index contributed by atoms with van der Waals surface area (Å²) in [5.74, 6) is 0.736. The molecule has 4 heteroatoms. The molecule has 0 spiro atoms. The average Bonchev–Trinajstić information content (AvgIpc) is 3.36. The number of aryl methyl sites for hydroxylation is 3. The summed E-state index contributed by atoms with van der Waals surface area (Å²) >= 11 is 0. The van der Waals surface area contributed by atoms with Crippen LogP contribution < -0.4 is 15.9 Å². The summed E-state index contributed by atoms with van der Waals surface area (Å²) in [7, 11) is 0. The molecule has 0 radical (unpaired) electrons. The number of hydrogen-bond acceptors (Lipinski definition) is 3. The Morgan fingerprint density at radius 3 is 1.85 bits per heavy atom. The Balaban J connectivity index is 1.72. The topological polar surface area (TPSA) is 48.3 Å². The minimum absolute atomic E-state index is 0.258. The molecule has 0 N–H and O–H groups in total. The maximum atomic E-state index is 14.4. The molecule has 0 atom stereocenters. The Morgan fingerprint density at radius 2 is 1.18 bits per heavy atom. The molecular formula is C35H27NO3. The van der Waals surface area contributed by atoms with E-state index in [1.54, 1.807) is 0 Å². The van der Waals surface area contributed by atoms with Crippen molar-refractivity contribution in [2.24, 2.45) is 0 Å². The fourth-order valence-corrected chi connectivity index (χ4v) is 6.92. The fourth-order valence-electron chi connectivity index (χ4n) is 6.92. The summed E-state index contributed by atoms with van der Waals surface area (Å²) in [5, 5.41) is 11.6. The third kappa shape index (κ3) is 2.69. The lowest BCUT2D eigenvalue weighted by atomic mass is 9.93. The molecule has 0 amide bonds. The number of ether oxygens (including phenoxy) is 1. The van der Waals surface area contributed by atoms with Crippen LogP contribution in [0.15, 0.2) is 64.2 Å². The number of hydrogen-bond donors (Lipinski definition) is 0. The van der Waals surface area contributed by atoms with Gasteiger partial charge in [-0.1, -0.05) is 30.3 Å². The number of benzene rings is 6. The number of aromatic nitrogens is 1. The summed E-state index contributed by atoms with van der Waals surface area (Å²) in [4.78, 5) is 28.7. The predicted octanol–water partition coefficient (Wildman–Crippen LogP) is 7.97. The highest BCUT2D eigenvalue weighted by atomic mass is 16.5. The normalized spacial score (nSPS) is 13.1. The van der Waals surface area contributed by atoms with Crippen molar-refractivity contribution in [2.45, 2.75) is 47.1 Å². The lowest BCUT2D eigenvalue weighted by Crippen LogP contribution is -2.24. The van der Waals surface area contributed by atoms with Gasteiger partial charge in [0.1, 0.15) is 11.4 Å². The van der Waals surface area contributed by atoms with Crippen LogP contribution in [0.3, 0.4) is 0 Å². The Hall–Kier alpha value is -4.44. The van der Waals surface area contributed by atoms with Gasteiger partial charge in [0.2, 0.25) is 0 Å². The summed E-state index contributed by atoms with van der Waals surface area (Å²) in [6, 6.07) is 18.7. The zero-order chi connectivity index (χ0) is 27.1. The molecule has 8 aromatic rings. The van der Waals surface area contributed by atoms with Crippen molar-refractivity contribution in [3.05, 3.63) is 92.0 Å². The first-order valence-corrected chi connectivity index (χ1v) is 13.5. The number of nitrogens with zero attached hydrogens (tertiary/aromatic N) is 1. The Morgan fingerprint density at radius 1 is 0.590 bits per heavy atom. The molecule has 0 unspecified atom stereocenters. The molecular weight excluding hydrogens is 482 g/mol. The summed E-state index contributed by atoms with van der Waals surface area (Å²) < 4.78 is 7.92. The average molecular weight is 510 g/mol. The largest absolute Gasteiger partial charge is 0.487 e. The van der Waals surface area contributed by atoms with Crippen LogP contribution in [-0.4, -0.2) is 10.2 Å². The van der Waals surface area contributed by atoms with Gasteiger partial charge in [-0.25, -0.2) is 4.57 Å². The molecule has 1 aromatic heterocycles. The van der Waals surface area contributed by atoms with Crippen molar-refractivity contribution in [1.29, 1.82) is 0 Å². The Bertz CT molecular complexity index is 2410. The zero-order valence-corrected chi connectivity index (χ0v) is 22.9. The second kappa shape index (κ2) is 6.95. The fraction of sp³-hybridized carbons (Fsp3) is 0.200. The van der Waals surface area contributed by atoms with Crippen LogP contribution in [0.5, 0.6) is 5.75 Å². The van der Waals surface area contributed by atoms with Gasteiger partial charge in [0.05, 0.1) is 16.5 Å². The predicted molar refractivity (Wildman–Crippen MR) is 163 cm³/mol. The van der Waals surface area contributed by atoms with E-state index in [4.69, 9.17) is 4.74 Å². The van der Waals surface area contributed by atoms with Gasteiger partial charge in [0.25, 0.3) is 11.1 Å². The van der Waals surface area contributed by atoms with E-state index in [2.05, 4.69) is 37.3 Å². The Kier molecular flexibility index (Phi) is 4.01. The van der Waals surface area contributed by atoms with E-state index in [9.17, 15) is 9.59 Å². The van der Waals surface area contributed by atoms with Crippen molar-refractivity contribution < 1.29 is 4.74 Å². The van der Waals surface area contributed by atoms with Gasteiger partial charge in [0.15, 0.2) is 0 Å². The van der Waals surface area contributed by atoms with Gasteiger partial charge in [-0.05, 0) is 120 Å². The van der Waals surface area contributed by atoms with Crippen molar-refractivity contribution in [1.82, 2.24) is 4.57 Å². The smallest absolute Gasteiger partial charge is 0.266 e. The van der Waals surface area contributed by atoms with E-state index < -0.39 is 5.60 Å². The van der Waals surface area contributed by atoms with E-state index in [0.717, 1.165) is 60.1 Å². The highest BCUT2D eigenvalue weighted by Gasteiger charge is 2.29. The second-order valence-electron chi connectivity index (χ2n) is 12.2. The molecule has 0 bridgehead atoms. The number of fused-ring (bicyclic) bond motifs is 3. The van der Waals surface area contributed by atoms with Crippen molar-refractivity contribution >= 4 is 64.6 Å². The maximum Gasteiger partial charge on any atom is 0.266 e. The SMILES string of the molecule is Cc1ccc(C)c(-n2c(=O)c3c4cc(C)c5ccc6ccc7c(OC(C)(C)C)cc(c3c2=O)c2c7c6c5c42)c1. The van der Waals surface area contributed by atoms with Gasteiger partial charge in [-0.2, -0.15) is 0 Å². The Labute approximate surface area is 224 Å². The van der Waals surface area contributed by atoms with Gasteiger partial charge < -0.3 is 4.74 Å². The van der Waals surface area contributed by atoms with Crippen LogP contribution in [0.4, 0.5) is 0 Å². The quantitative estimate of drug-likeness (QED) is 0.222. The third-order valence-corrected chi connectivity index (χ3v) is 8.45. The minimum Gasteiger partial charge on any atom is -0.487 e. The van der Waals surface area contributed by atoms with Crippen molar-refractivity contribution in [3.63, 3.8) is 0 Å². The van der Waals surface area contributed by atoms with E-state index in [0.29, 0.717) is 16.5 Å². The minimum atomic E-state index is -0.434. The van der Waals surface area contributed by atoms with E-state index in [1.165, 1.54) is 20.7 Å². The molecule has 190 valence electrons. The summed E-state index contributed by atoms with van der Waals surface area (Å²) in [6.07, 6.45) is 0. The third-order valence-electron chi connectivity index (χ3n) is 8.45. The first-order valence-electron chi connectivity index (χ1n) is 13.5. The molecule has 7 aromatic carbocycles. The highest BCUT2D eigenvalue weighted by Crippen LogP contribution is 2.52. The molecule has 4 nitrogen and oxygen atoms in total. The van der Waals surface area contributed by atoms with Crippen molar-refractivity contribution in [2.75, 3.05) is 0 Å². The molecule has 0 fully saturated rings. The second-order valence-corrected chi connectivity index (χ2v) is 12.2. The van der Waals surface area contributed by atoms with Crippen LogP contribution in [0.2, 0.25) is 0 Å². The van der Waals surface area contributed by atoms with Gasteiger partial charge >= 0.3 is 0 Å².